The van der Waals surface area contributed by atoms with Gasteiger partial charge in [0, 0.05) is 4.90 Å². The van der Waals surface area contributed by atoms with Gasteiger partial charge in [0.2, 0.25) is 0 Å². The molecule has 0 saturated heterocycles. The summed E-state index contributed by atoms with van der Waals surface area (Å²) in [6.45, 7) is 0.0633. The first kappa shape index (κ1) is 11.3. The molecule has 0 amide bonds. The number of nitrogens with zero attached hydrogens (tertiary/aromatic N) is 1. The van der Waals surface area contributed by atoms with Gasteiger partial charge in [-0.15, -0.1) is 0 Å². The molecule has 0 aliphatic rings. The molecule has 18 heavy (non-hydrogen) atoms. The highest BCUT2D eigenvalue weighted by Gasteiger charge is 2.06. The summed E-state index contributed by atoms with van der Waals surface area (Å²) < 4.78 is 5.63. The maximum atomic E-state index is 8.98. The van der Waals surface area contributed by atoms with Gasteiger partial charge in [-0.05, 0) is 41.6 Å². The molecule has 1 heterocycles. The Kier molecular flexibility index (Phi) is 3.04. The first-order valence-electron chi connectivity index (χ1n) is 5.58. The number of hydrogen-bond acceptors (Lipinski definition) is 4. The van der Waals surface area contributed by atoms with E-state index in [1.807, 2.05) is 48.5 Å². The van der Waals surface area contributed by atoms with Crippen LogP contribution in [0.5, 0.6) is 0 Å². The highest BCUT2D eigenvalue weighted by atomic mass is 32.2. The molecule has 0 saturated carbocycles. The Morgan fingerprint density at radius 1 is 1.06 bits per heavy atom. The van der Waals surface area contributed by atoms with Crippen LogP contribution in [0.25, 0.3) is 11.1 Å². The first-order chi connectivity index (χ1) is 8.85. The minimum Gasteiger partial charge on any atom is -0.431 e. The zero-order valence-corrected chi connectivity index (χ0v) is 10.4. The van der Waals surface area contributed by atoms with E-state index in [9.17, 15) is 0 Å². The third-order valence-electron chi connectivity index (χ3n) is 2.59. The van der Waals surface area contributed by atoms with E-state index in [1.165, 1.54) is 11.8 Å². The molecule has 0 unspecified atom stereocenters. The van der Waals surface area contributed by atoms with Gasteiger partial charge >= 0.3 is 0 Å². The normalized spacial score (nSPS) is 10.9. The lowest BCUT2D eigenvalue weighted by molar-refractivity contribution is 0.282. The summed E-state index contributed by atoms with van der Waals surface area (Å²) in [5.41, 5.74) is 2.57. The number of aliphatic hydroxyl groups excluding tert-OH is 1. The molecule has 1 N–H and O–H groups in total. The van der Waals surface area contributed by atoms with Crippen molar-refractivity contribution in [3.63, 3.8) is 0 Å². The Morgan fingerprint density at radius 3 is 2.56 bits per heavy atom. The number of rotatable bonds is 3. The summed E-state index contributed by atoms with van der Waals surface area (Å²) in [6.07, 6.45) is 0. The molecule has 0 spiro atoms. The second-order valence-electron chi connectivity index (χ2n) is 3.85. The number of para-hydroxylation sites is 2. The van der Waals surface area contributed by atoms with Crippen molar-refractivity contribution in [2.24, 2.45) is 0 Å². The third-order valence-corrected chi connectivity index (χ3v) is 3.44. The number of aromatic nitrogens is 1. The quantitative estimate of drug-likeness (QED) is 0.780. The highest BCUT2D eigenvalue weighted by Crippen LogP contribution is 2.29. The third kappa shape index (κ3) is 2.25. The molecular formula is C14H11NO2S. The van der Waals surface area contributed by atoms with Crippen molar-refractivity contribution < 1.29 is 9.52 Å². The highest BCUT2D eigenvalue weighted by molar-refractivity contribution is 7.99. The average Bonchev–Trinajstić information content (AvgIpc) is 2.82. The molecule has 2 aromatic carbocycles. The SMILES string of the molecule is OCc1ccc(Sc2nc3ccccc3o2)cc1. The Morgan fingerprint density at radius 2 is 1.83 bits per heavy atom. The maximum Gasteiger partial charge on any atom is 0.261 e. The van der Waals surface area contributed by atoms with Gasteiger partial charge in [0.1, 0.15) is 5.52 Å². The Bertz CT molecular complexity index is 628. The van der Waals surface area contributed by atoms with Crippen molar-refractivity contribution in [3.8, 4) is 0 Å². The van der Waals surface area contributed by atoms with Gasteiger partial charge in [-0.3, -0.25) is 0 Å². The van der Waals surface area contributed by atoms with Crippen LogP contribution >= 0.6 is 11.8 Å². The zero-order chi connectivity index (χ0) is 12.4. The molecule has 4 heteroatoms. The van der Waals surface area contributed by atoms with E-state index in [4.69, 9.17) is 9.52 Å². The molecule has 0 fully saturated rings. The van der Waals surface area contributed by atoms with Gasteiger partial charge < -0.3 is 9.52 Å². The van der Waals surface area contributed by atoms with E-state index in [-0.39, 0.29) is 6.61 Å². The summed E-state index contributed by atoms with van der Waals surface area (Å²) in [5, 5.41) is 9.61. The fourth-order valence-electron chi connectivity index (χ4n) is 1.66. The van der Waals surface area contributed by atoms with Crippen molar-refractivity contribution in [1.29, 1.82) is 0 Å². The predicted octanol–water partition coefficient (Wildman–Crippen LogP) is 3.47. The number of hydrogen-bond donors (Lipinski definition) is 1. The molecule has 0 radical (unpaired) electrons. The second-order valence-corrected chi connectivity index (χ2v) is 4.88. The van der Waals surface area contributed by atoms with Crippen molar-refractivity contribution in [2.45, 2.75) is 16.7 Å². The first-order valence-corrected chi connectivity index (χ1v) is 6.40. The Labute approximate surface area is 108 Å². The van der Waals surface area contributed by atoms with Crippen LogP contribution in [-0.4, -0.2) is 10.1 Å². The van der Waals surface area contributed by atoms with Gasteiger partial charge in [0.15, 0.2) is 5.58 Å². The fraction of sp³-hybridized carbons (Fsp3) is 0.0714. The van der Waals surface area contributed by atoms with Crippen molar-refractivity contribution >= 4 is 22.9 Å². The van der Waals surface area contributed by atoms with Crippen molar-refractivity contribution in [2.75, 3.05) is 0 Å². The molecule has 3 nitrogen and oxygen atoms in total. The van der Waals surface area contributed by atoms with E-state index in [1.54, 1.807) is 0 Å². The fourth-order valence-corrected chi connectivity index (χ4v) is 2.41. The van der Waals surface area contributed by atoms with E-state index in [0.29, 0.717) is 5.22 Å². The number of fused-ring (bicyclic) bond motifs is 1. The van der Waals surface area contributed by atoms with Crippen LogP contribution in [0.15, 0.2) is 63.1 Å². The Hall–Kier alpha value is -1.78. The molecule has 90 valence electrons. The Balaban J connectivity index is 1.86. The lowest BCUT2D eigenvalue weighted by Crippen LogP contribution is -1.81. The van der Waals surface area contributed by atoms with Gasteiger partial charge in [-0.25, -0.2) is 4.98 Å². The lowest BCUT2D eigenvalue weighted by Gasteiger charge is -1.98. The minimum absolute atomic E-state index is 0.0633. The summed E-state index contributed by atoms with van der Waals surface area (Å²) in [5.74, 6) is 0. The number of aliphatic hydroxyl groups is 1. The molecule has 0 aliphatic carbocycles. The molecule has 0 atom stereocenters. The van der Waals surface area contributed by atoms with E-state index >= 15 is 0 Å². The maximum absolute atomic E-state index is 8.98. The second kappa shape index (κ2) is 4.84. The van der Waals surface area contributed by atoms with Gasteiger partial charge in [0.25, 0.3) is 5.22 Å². The number of benzene rings is 2. The molecule has 3 aromatic rings. The molecule has 0 bridgehead atoms. The smallest absolute Gasteiger partial charge is 0.261 e. The largest absolute Gasteiger partial charge is 0.431 e. The van der Waals surface area contributed by atoms with Crippen LogP contribution in [0.4, 0.5) is 0 Å². The van der Waals surface area contributed by atoms with E-state index < -0.39 is 0 Å². The van der Waals surface area contributed by atoms with Crippen molar-refractivity contribution in [1.82, 2.24) is 4.98 Å². The van der Waals surface area contributed by atoms with Crippen LogP contribution in [0, 0.1) is 0 Å². The summed E-state index contributed by atoms with van der Waals surface area (Å²) in [4.78, 5) is 5.44. The van der Waals surface area contributed by atoms with E-state index in [2.05, 4.69) is 4.98 Å². The number of oxazole rings is 1. The standard InChI is InChI=1S/C14H11NO2S/c16-9-10-5-7-11(8-6-10)18-14-15-12-3-1-2-4-13(12)17-14/h1-8,16H,9H2. The zero-order valence-electron chi connectivity index (χ0n) is 9.54. The van der Waals surface area contributed by atoms with Crippen LogP contribution in [0.3, 0.4) is 0 Å². The van der Waals surface area contributed by atoms with Gasteiger partial charge in [-0.2, -0.15) is 0 Å². The lowest BCUT2D eigenvalue weighted by atomic mass is 10.2. The van der Waals surface area contributed by atoms with Crippen molar-refractivity contribution in [3.05, 3.63) is 54.1 Å². The van der Waals surface area contributed by atoms with Crippen LogP contribution in [-0.2, 0) is 6.61 Å². The van der Waals surface area contributed by atoms with Gasteiger partial charge in [-0.1, -0.05) is 24.3 Å². The van der Waals surface area contributed by atoms with Crippen LogP contribution in [0.1, 0.15) is 5.56 Å². The summed E-state index contributed by atoms with van der Waals surface area (Å²) in [6, 6.07) is 15.4. The summed E-state index contributed by atoms with van der Waals surface area (Å²) in [7, 11) is 0. The molecular weight excluding hydrogens is 246 g/mol. The molecule has 0 aliphatic heterocycles. The van der Waals surface area contributed by atoms with Crippen LogP contribution in [0.2, 0.25) is 0 Å². The predicted molar refractivity (Wildman–Crippen MR) is 70.5 cm³/mol. The molecule has 3 rings (SSSR count). The minimum atomic E-state index is 0.0633. The van der Waals surface area contributed by atoms with Crippen LogP contribution < -0.4 is 0 Å². The van der Waals surface area contributed by atoms with Gasteiger partial charge in [0.05, 0.1) is 6.61 Å². The monoisotopic (exact) mass is 257 g/mol. The average molecular weight is 257 g/mol. The van der Waals surface area contributed by atoms with E-state index in [0.717, 1.165) is 21.6 Å². The molecule has 1 aromatic heterocycles. The topological polar surface area (TPSA) is 46.3 Å². The summed E-state index contributed by atoms with van der Waals surface area (Å²) >= 11 is 1.47.